The molecule has 0 fully saturated rings. The molecule has 5 heteroatoms. The molecule has 0 aliphatic heterocycles. The van der Waals surface area contributed by atoms with Crippen molar-refractivity contribution in [1.29, 1.82) is 0 Å². The summed E-state index contributed by atoms with van der Waals surface area (Å²) < 4.78 is 2.80. The lowest BCUT2D eigenvalue weighted by Crippen LogP contribution is -1.92. The zero-order valence-corrected chi connectivity index (χ0v) is 8.96. The van der Waals surface area contributed by atoms with E-state index in [1.165, 1.54) is 0 Å². The summed E-state index contributed by atoms with van der Waals surface area (Å²) in [5.41, 5.74) is 3.17. The summed E-state index contributed by atoms with van der Waals surface area (Å²) >= 11 is 3.42. The molecule has 0 radical (unpaired) electrons. The van der Waals surface area contributed by atoms with Crippen molar-refractivity contribution in [3.8, 4) is 11.3 Å². The lowest BCUT2D eigenvalue weighted by molar-refractivity contribution is 0.740. The van der Waals surface area contributed by atoms with Gasteiger partial charge in [-0.1, -0.05) is 0 Å². The fourth-order valence-corrected chi connectivity index (χ4v) is 1.61. The molecule has 0 saturated heterocycles. The number of nitrogens with one attached hydrogen (secondary N) is 1. The van der Waals surface area contributed by atoms with E-state index in [1.807, 2.05) is 24.9 Å². The topological polar surface area (TPSA) is 46.5 Å². The van der Waals surface area contributed by atoms with Crippen LogP contribution in [0.1, 0.15) is 5.69 Å². The van der Waals surface area contributed by atoms with Gasteiger partial charge in [-0.15, -0.1) is 0 Å². The van der Waals surface area contributed by atoms with E-state index < -0.39 is 0 Å². The molecular weight excluding hydrogens is 232 g/mol. The molecule has 0 amide bonds. The maximum absolute atomic E-state index is 4.16. The quantitative estimate of drug-likeness (QED) is 0.828. The minimum absolute atomic E-state index is 0.962. The Balaban J connectivity index is 2.59. The lowest BCUT2D eigenvalue weighted by atomic mass is 10.2. The Hall–Kier alpha value is -1.10. The summed E-state index contributed by atoms with van der Waals surface area (Å²) in [5, 5.41) is 11.0. The van der Waals surface area contributed by atoms with Crippen LogP contribution in [0.4, 0.5) is 0 Å². The molecule has 2 heterocycles. The van der Waals surface area contributed by atoms with Crippen molar-refractivity contribution in [3.05, 3.63) is 22.6 Å². The first-order chi connectivity index (χ1) is 6.20. The number of aromatic amines is 1. The third-order valence-corrected chi connectivity index (χ3v) is 2.70. The van der Waals surface area contributed by atoms with Gasteiger partial charge in [-0.25, -0.2) is 0 Å². The van der Waals surface area contributed by atoms with Gasteiger partial charge >= 0.3 is 0 Å². The highest BCUT2D eigenvalue weighted by atomic mass is 79.9. The van der Waals surface area contributed by atoms with Gasteiger partial charge in [0, 0.05) is 18.3 Å². The van der Waals surface area contributed by atoms with Crippen LogP contribution in [0, 0.1) is 6.92 Å². The van der Waals surface area contributed by atoms with Gasteiger partial charge in [0.2, 0.25) is 0 Å². The Labute approximate surface area is 84.1 Å². The van der Waals surface area contributed by atoms with Crippen LogP contribution < -0.4 is 0 Å². The van der Waals surface area contributed by atoms with Crippen molar-refractivity contribution in [2.75, 3.05) is 0 Å². The van der Waals surface area contributed by atoms with Crippen molar-refractivity contribution in [2.24, 2.45) is 7.05 Å². The van der Waals surface area contributed by atoms with Crippen LogP contribution in [0.2, 0.25) is 0 Å². The number of rotatable bonds is 1. The maximum Gasteiger partial charge on any atom is 0.0826 e. The van der Waals surface area contributed by atoms with Crippen molar-refractivity contribution in [2.45, 2.75) is 6.92 Å². The monoisotopic (exact) mass is 240 g/mol. The number of aromatic nitrogens is 4. The highest BCUT2D eigenvalue weighted by Gasteiger charge is 2.10. The normalized spacial score (nSPS) is 10.7. The van der Waals surface area contributed by atoms with Gasteiger partial charge in [0.05, 0.1) is 22.6 Å². The van der Waals surface area contributed by atoms with E-state index in [0.717, 1.165) is 21.4 Å². The highest BCUT2D eigenvalue weighted by molar-refractivity contribution is 9.10. The van der Waals surface area contributed by atoms with Crippen LogP contribution in [0.25, 0.3) is 11.3 Å². The zero-order chi connectivity index (χ0) is 9.42. The summed E-state index contributed by atoms with van der Waals surface area (Å²) in [5.74, 6) is 0. The largest absolute Gasteiger partial charge is 0.277 e. The van der Waals surface area contributed by atoms with E-state index in [-0.39, 0.29) is 0 Å². The van der Waals surface area contributed by atoms with Crippen LogP contribution >= 0.6 is 15.9 Å². The number of halogens is 1. The van der Waals surface area contributed by atoms with Crippen molar-refractivity contribution in [3.63, 3.8) is 0 Å². The molecular formula is C8H9BrN4. The molecule has 0 unspecified atom stereocenters. The first kappa shape index (κ1) is 8.50. The molecule has 2 aromatic heterocycles. The number of aryl methyl sites for hydroxylation is 1. The summed E-state index contributed by atoms with van der Waals surface area (Å²) in [4.78, 5) is 0. The van der Waals surface area contributed by atoms with Crippen LogP contribution in [0.3, 0.4) is 0 Å². The standard InChI is InChI=1S/C8H9BrN4/c1-5-6(3-11-13(5)2)8-7(9)4-10-12-8/h3-4H,1-2H3,(H,10,12). The van der Waals surface area contributed by atoms with E-state index in [0.29, 0.717) is 0 Å². The van der Waals surface area contributed by atoms with Crippen LogP contribution in [0.5, 0.6) is 0 Å². The van der Waals surface area contributed by atoms with E-state index in [4.69, 9.17) is 0 Å². The van der Waals surface area contributed by atoms with Gasteiger partial charge in [-0.3, -0.25) is 9.78 Å². The summed E-state index contributed by atoms with van der Waals surface area (Å²) in [6.45, 7) is 2.02. The average Bonchev–Trinajstić information content (AvgIpc) is 2.62. The molecule has 13 heavy (non-hydrogen) atoms. The lowest BCUT2D eigenvalue weighted by Gasteiger charge is -1.97. The Bertz CT molecular complexity index is 429. The summed E-state index contributed by atoms with van der Waals surface area (Å²) in [6.07, 6.45) is 3.56. The van der Waals surface area contributed by atoms with Crippen molar-refractivity contribution < 1.29 is 0 Å². The summed E-state index contributed by atoms with van der Waals surface area (Å²) in [6, 6.07) is 0. The van der Waals surface area contributed by atoms with Crippen molar-refractivity contribution >= 4 is 15.9 Å². The molecule has 2 rings (SSSR count). The second kappa shape index (κ2) is 2.99. The zero-order valence-electron chi connectivity index (χ0n) is 7.37. The first-order valence-corrected chi connectivity index (χ1v) is 4.67. The fraction of sp³-hybridized carbons (Fsp3) is 0.250. The Morgan fingerprint density at radius 3 is 2.69 bits per heavy atom. The second-order valence-electron chi connectivity index (χ2n) is 2.86. The molecule has 0 aromatic carbocycles. The van der Waals surface area contributed by atoms with Gasteiger partial charge in [-0.2, -0.15) is 10.2 Å². The SMILES string of the molecule is Cc1c(-c2[nH]ncc2Br)cnn1C. The van der Waals surface area contributed by atoms with E-state index in [1.54, 1.807) is 6.20 Å². The third-order valence-electron chi connectivity index (χ3n) is 2.10. The minimum Gasteiger partial charge on any atom is -0.277 e. The van der Waals surface area contributed by atoms with E-state index in [9.17, 15) is 0 Å². The van der Waals surface area contributed by atoms with Crippen LogP contribution in [-0.2, 0) is 7.05 Å². The molecule has 0 atom stereocenters. The van der Waals surface area contributed by atoms with Gasteiger partial charge in [0.1, 0.15) is 0 Å². The Kier molecular flexibility index (Phi) is 1.95. The second-order valence-corrected chi connectivity index (χ2v) is 3.71. The molecule has 68 valence electrons. The number of H-pyrrole nitrogens is 1. The maximum atomic E-state index is 4.16. The highest BCUT2D eigenvalue weighted by Crippen LogP contribution is 2.27. The van der Waals surface area contributed by atoms with Gasteiger partial charge in [0.15, 0.2) is 0 Å². The Morgan fingerprint density at radius 2 is 2.23 bits per heavy atom. The Morgan fingerprint density at radius 1 is 1.46 bits per heavy atom. The average molecular weight is 241 g/mol. The molecule has 0 bridgehead atoms. The molecule has 0 spiro atoms. The van der Waals surface area contributed by atoms with Gasteiger partial charge < -0.3 is 0 Å². The fourth-order valence-electron chi connectivity index (χ4n) is 1.20. The van der Waals surface area contributed by atoms with E-state index in [2.05, 4.69) is 31.2 Å². The molecule has 1 N–H and O–H groups in total. The summed E-state index contributed by atoms with van der Waals surface area (Å²) in [7, 11) is 1.92. The first-order valence-electron chi connectivity index (χ1n) is 3.88. The van der Waals surface area contributed by atoms with E-state index >= 15 is 0 Å². The predicted octanol–water partition coefficient (Wildman–Crippen LogP) is 1.88. The number of hydrogen-bond donors (Lipinski definition) is 1. The molecule has 0 aliphatic carbocycles. The number of hydrogen-bond acceptors (Lipinski definition) is 2. The van der Waals surface area contributed by atoms with Crippen LogP contribution in [-0.4, -0.2) is 20.0 Å². The number of nitrogens with zero attached hydrogens (tertiary/aromatic N) is 3. The molecule has 0 aliphatic rings. The molecule has 2 aromatic rings. The minimum atomic E-state index is 0.962. The van der Waals surface area contributed by atoms with Gasteiger partial charge in [0.25, 0.3) is 0 Å². The van der Waals surface area contributed by atoms with Gasteiger partial charge in [-0.05, 0) is 22.9 Å². The van der Waals surface area contributed by atoms with Crippen molar-refractivity contribution in [1.82, 2.24) is 20.0 Å². The van der Waals surface area contributed by atoms with Crippen LogP contribution in [0.15, 0.2) is 16.9 Å². The predicted molar refractivity (Wildman–Crippen MR) is 53.2 cm³/mol. The smallest absolute Gasteiger partial charge is 0.0826 e. The molecule has 4 nitrogen and oxygen atoms in total. The third kappa shape index (κ3) is 1.29. The molecule has 0 saturated carbocycles.